The van der Waals surface area contributed by atoms with Crippen molar-refractivity contribution in [2.75, 3.05) is 19.7 Å². The van der Waals surface area contributed by atoms with Crippen molar-refractivity contribution in [2.24, 2.45) is 0 Å². The quantitative estimate of drug-likeness (QED) is 0.619. The lowest BCUT2D eigenvalue weighted by atomic mass is 9.97. The smallest absolute Gasteiger partial charge is 0.310 e. The van der Waals surface area contributed by atoms with Crippen LogP contribution >= 0.6 is 0 Å². The van der Waals surface area contributed by atoms with Crippen molar-refractivity contribution < 1.29 is 14.8 Å². The second kappa shape index (κ2) is 8.10. The summed E-state index contributed by atoms with van der Waals surface area (Å²) in [7, 11) is 0. The first-order valence-corrected chi connectivity index (χ1v) is 7.86. The standard InChI is InChI=1S/C16H24N2O4/c1-13(19)12-14-6-4-5-9-17(14)10-11-22-16-8-3-2-7-15(16)18(20)21/h2-3,7-8,13-14,19H,4-6,9-12H2,1H3/t13-,14-/m0/s1. The molecule has 6 nitrogen and oxygen atoms in total. The number of likely N-dealkylation sites (tertiary alicyclic amines) is 1. The van der Waals surface area contributed by atoms with Gasteiger partial charge in [0.05, 0.1) is 11.0 Å². The average Bonchev–Trinajstić information content (AvgIpc) is 2.49. The van der Waals surface area contributed by atoms with Gasteiger partial charge in [-0.2, -0.15) is 0 Å². The third kappa shape index (κ3) is 4.68. The third-order valence-corrected chi connectivity index (χ3v) is 4.06. The van der Waals surface area contributed by atoms with E-state index in [1.807, 2.05) is 6.92 Å². The predicted octanol–water partition coefficient (Wildman–Crippen LogP) is 2.60. The Hall–Kier alpha value is -1.66. The molecule has 2 atom stereocenters. The highest BCUT2D eigenvalue weighted by atomic mass is 16.6. The molecule has 0 radical (unpaired) electrons. The molecular formula is C16H24N2O4. The Kier molecular flexibility index (Phi) is 6.15. The van der Waals surface area contributed by atoms with Gasteiger partial charge in [0.15, 0.2) is 5.75 Å². The molecule has 122 valence electrons. The van der Waals surface area contributed by atoms with Crippen LogP contribution in [0.25, 0.3) is 0 Å². The highest BCUT2D eigenvalue weighted by molar-refractivity contribution is 5.45. The average molecular weight is 308 g/mol. The van der Waals surface area contributed by atoms with Gasteiger partial charge < -0.3 is 9.84 Å². The summed E-state index contributed by atoms with van der Waals surface area (Å²) in [5, 5.41) is 20.5. The molecule has 2 rings (SSSR count). The van der Waals surface area contributed by atoms with Crippen LogP contribution in [0.4, 0.5) is 5.69 Å². The molecule has 1 N–H and O–H groups in total. The fraction of sp³-hybridized carbons (Fsp3) is 0.625. The van der Waals surface area contributed by atoms with E-state index >= 15 is 0 Å². The number of ether oxygens (including phenoxy) is 1. The number of benzene rings is 1. The van der Waals surface area contributed by atoms with Crippen LogP contribution in [0.2, 0.25) is 0 Å². The molecule has 1 aromatic rings. The fourth-order valence-corrected chi connectivity index (χ4v) is 3.02. The third-order valence-electron chi connectivity index (χ3n) is 4.06. The molecular weight excluding hydrogens is 284 g/mol. The summed E-state index contributed by atoms with van der Waals surface area (Å²) in [6.07, 6.45) is 3.91. The van der Waals surface area contributed by atoms with Crippen LogP contribution in [0.5, 0.6) is 5.75 Å². The maximum Gasteiger partial charge on any atom is 0.310 e. The summed E-state index contributed by atoms with van der Waals surface area (Å²) in [5.74, 6) is 0.316. The van der Waals surface area contributed by atoms with Crippen molar-refractivity contribution in [3.63, 3.8) is 0 Å². The molecule has 1 heterocycles. The number of piperidine rings is 1. The lowest BCUT2D eigenvalue weighted by Gasteiger charge is -2.36. The molecule has 0 bridgehead atoms. The van der Waals surface area contributed by atoms with Crippen LogP contribution < -0.4 is 4.74 Å². The van der Waals surface area contributed by atoms with Gasteiger partial charge in [-0.05, 0) is 38.8 Å². The van der Waals surface area contributed by atoms with E-state index in [0.717, 1.165) is 32.4 Å². The van der Waals surface area contributed by atoms with Gasteiger partial charge in [0.1, 0.15) is 6.61 Å². The van der Waals surface area contributed by atoms with Crippen molar-refractivity contribution in [1.82, 2.24) is 4.90 Å². The van der Waals surface area contributed by atoms with Crippen molar-refractivity contribution >= 4 is 5.69 Å². The van der Waals surface area contributed by atoms with Crippen molar-refractivity contribution in [3.05, 3.63) is 34.4 Å². The maximum absolute atomic E-state index is 10.9. The zero-order chi connectivity index (χ0) is 15.9. The molecule has 0 aliphatic carbocycles. The van der Waals surface area contributed by atoms with Crippen molar-refractivity contribution in [2.45, 2.75) is 44.8 Å². The first-order valence-electron chi connectivity index (χ1n) is 7.86. The monoisotopic (exact) mass is 308 g/mol. The summed E-state index contributed by atoms with van der Waals surface area (Å²) in [6, 6.07) is 6.82. The zero-order valence-corrected chi connectivity index (χ0v) is 13.0. The molecule has 0 aromatic heterocycles. The molecule has 1 aliphatic rings. The van der Waals surface area contributed by atoms with Crippen LogP contribution in [-0.2, 0) is 0 Å². The molecule has 6 heteroatoms. The summed E-state index contributed by atoms with van der Waals surface area (Å²) in [4.78, 5) is 12.8. The number of nitro benzene ring substituents is 1. The van der Waals surface area contributed by atoms with E-state index in [1.54, 1.807) is 18.2 Å². The van der Waals surface area contributed by atoms with Gasteiger partial charge in [0.2, 0.25) is 0 Å². The number of hydrogen-bond acceptors (Lipinski definition) is 5. The number of para-hydroxylation sites is 2. The second-order valence-electron chi connectivity index (χ2n) is 5.84. The van der Waals surface area contributed by atoms with Gasteiger partial charge in [-0.15, -0.1) is 0 Å². The van der Waals surface area contributed by atoms with Crippen LogP contribution in [-0.4, -0.2) is 46.8 Å². The normalized spacial score (nSPS) is 20.5. The Balaban J connectivity index is 1.88. The Bertz CT molecular complexity index is 493. The number of aliphatic hydroxyl groups is 1. The molecule has 1 fully saturated rings. The molecule has 0 unspecified atom stereocenters. The van der Waals surface area contributed by atoms with Gasteiger partial charge in [-0.3, -0.25) is 15.0 Å². The van der Waals surface area contributed by atoms with E-state index in [4.69, 9.17) is 4.74 Å². The van der Waals surface area contributed by atoms with Crippen molar-refractivity contribution in [3.8, 4) is 5.75 Å². The van der Waals surface area contributed by atoms with E-state index in [-0.39, 0.29) is 11.8 Å². The number of nitro groups is 1. The Morgan fingerprint density at radius 2 is 2.23 bits per heavy atom. The van der Waals surface area contributed by atoms with E-state index in [2.05, 4.69) is 4.90 Å². The molecule has 1 aromatic carbocycles. The highest BCUT2D eigenvalue weighted by Gasteiger charge is 2.23. The van der Waals surface area contributed by atoms with Crippen LogP contribution in [0.1, 0.15) is 32.6 Å². The van der Waals surface area contributed by atoms with E-state index in [1.165, 1.54) is 12.5 Å². The Labute approximate surface area is 130 Å². The van der Waals surface area contributed by atoms with Crippen LogP contribution in [0.15, 0.2) is 24.3 Å². The number of nitrogens with zero attached hydrogens (tertiary/aromatic N) is 2. The predicted molar refractivity (Wildman–Crippen MR) is 84.1 cm³/mol. The maximum atomic E-state index is 10.9. The number of rotatable bonds is 7. The molecule has 0 amide bonds. The van der Waals surface area contributed by atoms with Gasteiger partial charge >= 0.3 is 5.69 Å². The molecule has 0 spiro atoms. The summed E-state index contributed by atoms with van der Waals surface area (Å²) >= 11 is 0. The summed E-state index contributed by atoms with van der Waals surface area (Å²) < 4.78 is 5.61. The summed E-state index contributed by atoms with van der Waals surface area (Å²) in [6.45, 7) is 3.96. The van der Waals surface area contributed by atoms with Crippen molar-refractivity contribution in [1.29, 1.82) is 0 Å². The first kappa shape index (κ1) is 16.7. The van der Waals surface area contributed by atoms with Gasteiger partial charge in [0, 0.05) is 18.7 Å². The Morgan fingerprint density at radius 1 is 1.45 bits per heavy atom. The Morgan fingerprint density at radius 3 is 2.95 bits per heavy atom. The first-order chi connectivity index (χ1) is 10.6. The number of hydrogen-bond donors (Lipinski definition) is 1. The lowest BCUT2D eigenvalue weighted by molar-refractivity contribution is -0.385. The second-order valence-corrected chi connectivity index (χ2v) is 5.84. The van der Waals surface area contributed by atoms with E-state index in [9.17, 15) is 15.2 Å². The lowest BCUT2D eigenvalue weighted by Crippen LogP contribution is -2.43. The fourth-order valence-electron chi connectivity index (χ4n) is 3.02. The van der Waals surface area contributed by atoms with Gasteiger partial charge in [-0.1, -0.05) is 18.6 Å². The van der Waals surface area contributed by atoms with Gasteiger partial charge in [-0.25, -0.2) is 0 Å². The SMILES string of the molecule is C[C@H](O)C[C@@H]1CCCCN1CCOc1ccccc1[N+](=O)[O-]. The highest BCUT2D eigenvalue weighted by Crippen LogP contribution is 2.26. The number of aliphatic hydroxyl groups excluding tert-OH is 1. The largest absolute Gasteiger partial charge is 0.485 e. The minimum atomic E-state index is -0.424. The van der Waals surface area contributed by atoms with E-state index < -0.39 is 4.92 Å². The summed E-state index contributed by atoms with van der Waals surface area (Å²) in [5.41, 5.74) is 0.00155. The van der Waals surface area contributed by atoms with E-state index in [0.29, 0.717) is 18.4 Å². The topological polar surface area (TPSA) is 75.8 Å². The van der Waals surface area contributed by atoms with Crippen LogP contribution in [0, 0.1) is 10.1 Å². The van der Waals surface area contributed by atoms with Gasteiger partial charge in [0.25, 0.3) is 0 Å². The molecule has 1 aliphatic heterocycles. The van der Waals surface area contributed by atoms with Crippen LogP contribution in [0.3, 0.4) is 0 Å². The minimum absolute atomic E-state index is 0.00155. The molecule has 22 heavy (non-hydrogen) atoms. The molecule has 0 saturated carbocycles. The zero-order valence-electron chi connectivity index (χ0n) is 13.0. The minimum Gasteiger partial charge on any atom is -0.485 e. The molecule has 1 saturated heterocycles.